The van der Waals surface area contributed by atoms with E-state index in [0.717, 1.165) is 12.4 Å². The van der Waals surface area contributed by atoms with Crippen molar-refractivity contribution in [2.24, 2.45) is 5.84 Å². The van der Waals surface area contributed by atoms with Crippen LogP contribution in [0.1, 0.15) is 24.5 Å². The summed E-state index contributed by atoms with van der Waals surface area (Å²) in [6, 6.07) is 1.26. The van der Waals surface area contributed by atoms with Crippen molar-refractivity contribution in [3.63, 3.8) is 0 Å². The molecule has 0 bridgehead atoms. The molecule has 2 aromatic heterocycles. The fourth-order valence-corrected chi connectivity index (χ4v) is 2.25. The summed E-state index contributed by atoms with van der Waals surface area (Å²) in [5.74, 6) is 6.35. The Kier molecular flexibility index (Phi) is 4.19. The van der Waals surface area contributed by atoms with Crippen LogP contribution in [0.5, 0.6) is 0 Å². The number of nitrogens with two attached hydrogens (primary N) is 1. The van der Waals surface area contributed by atoms with Crippen molar-refractivity contribution in [1.29, 1.82) is 0 Å². The monoisotopic (exact) mass is 285 g/mol. The van der Waals surface area contributed by atoms with Gasteiger partial charge in [0.05, 0.1) is 15.7 Å². The maximum absolute atomic E-state index is 6.14. The van der Waals surface area contributed by atoms with E-state index >= 15 is 0 Å². The number of aryl methyl sites for hydroxylation is 1. The van der Waals surface area contributed by atoms with Crippen LogP contribution in [0.15, 0.2) is 24.7 Å². The van der Waals surface area contributed by atoms with Gasteiger partial charge in [-0.25, -0.2) is 10.4 Å². The summed E-state index contributed by atoms with van der Waals surface area (Å²) in [5, 5.41) is 0.939. The van der Waals surface area contributed by atoms with Crippen molar-refractivity contribution >= 4 is 23.2 Å². The van der Waals surface area contributed by atoms with E-state index in [1.165, 1.54) is 6.20 Å². The standard InChI is InChI=1S/C11H13Cl2N5/c1-2-18-4-3-15-11(18)10(17-14)9-8(13)5-7(12)6-16-9/h3-6,10,17H,2,14H2,1H3. The molecule has 2 aromatic rings. The highest BCUT2D eigenvalue weighted by Crippen LogP contribution is 2.27. The molecule has 0 spiro atoms. The molecule has 7 heteroatoms. The number of hydrogen-bond acceptors (Lipinski definition) is 4. The van der Waals surface area contributed by atoms with Crippen molar-refractivity contribution < 1.29 is 0 Å². The first-order valence-corrected chi connectivity index (χ1v) is 6.21. The van der Waals surface area contributed by atoms with Gasteiger partial charge in [0.25, 0.3) is 0 Å². The average Bonchev–Trinajstić information content (AvgIpc) is 2.81. The van der Waals surface area contributed by atoms with Crippen LogP contribution in [0, 0.1) is 0 Å². The first-order valence-electron chi connectivity index (χ1n) is 5.45. The molecule has 0 aliphatic carbocycles. The van der Waals surface area contributed by atoms with E-state index in [4.69, 9.17) is 29.0 Å². The fourth-order valence-electron chi connectivity index (χ4n) is 1.76. The Labute approximate surface area is 115 Å². The minimum Gasteiger partial charge on any atom is -0.334 e. The molecule has 0 saturated heterocycles. The topological polar surface area (TPSA) is 68.8 Å². The SMILES string of the molecule is CCn1ccnc1C(NN)c1ncc(Cl)cc1Cl. The first-order chi connectivity index (χ1) is 8.67. The summed E-state index contributed by atoms with van der Waals surface area (Å²) >= 11 is 12.0. The first kappa shape index (κ1) is 13.3. The smallest absolute Gasteiger partial charge is 0.133 e. The molecule has 0 aliphatic heterocycles. The minimum atomic E-state index is -0.371. The molecule has 0 radical (unpaired) electrons. The average molecular weight is 286 g/mol. The number of hydrazine groups is 1. The van der Waals surface area contributed by atoms with Crippen LogP contribution < -0.4 is 11.3 Å². The van der Waals surface area contributed by atoms with Crippen molar-refractivity contribution in [1.82, 2.24) is 20.0 Å². The van der Waals surface area contributed by atoms with Crippen LogP contribution in [-0.2, 0) is 6.54 Å². The molecule has 0 amide bonds. The third-order valence-electron chi connectivity index (χ3n) is 2.62. The Morgan fingerprint density at radius 1 is 1.44 bits per heavy atom. The predicted octanol–water partition coefficient (Wildman–Crippen LogP) is 2.16. The lowest BCUT2D eigenvalue weighted by molar-refractivity contribution is 0.550. The minimum absolute atomic E-state index is 0.371. The number of nitrogens with one attached hydrogen (secondary N) is 1. The third-order valence-corrected chi connectivity index (χ3v) is 3.13. The van der Waals surface area contributed by atoms with Gasteiger partial charge in [-0.1, -0.05) is 23.2 Å². The molecule has 0 aliphatic rings. The zero-order valence-electron chi connectivity index (χ0n) is 9.77. The third kappa shape index (κ3) is 2.49. The Hall–Kier alpha value is -1.14. The normalized spacial score (nSPS) is 12.7. The van der Waals surface area contributed by atoms with Crippen LogP contribution >= 0.6 is 23.2 Å². The van der Waals surface area contributed by atoms with Gasteiger partial charge >= 0.3 is 0 Å². The molecule has 96 valence electrons. The van der Waals surface area contributed by atoms with E-state index in [1.54, 1.807) is 12.3 Å². The summed E-state index contributed by atoms with van der Waals surface area (Å²) in [4.78, 5) is 8.51. The second kappa shape index (κ2) is 5.67. The highest BCUT2D eigenvalue weighted by atomic mass is 35.5. The molecule has 0 saturated carbocycles. The number of pyridine rings is 1. The van der Waals surface area contributed by atoms with Gasteiger partial charge < -0.3 is 4.57 Å². The van der Waals surface area contributed by atoms with Gasteiger partial charge in [-0.05, 0) is 13.0 Å². The quantitative estimate of drug-likeness (QED) is 0.667. The van der Waals surface area contributed by atoms with E-state index in [-0.39, 0.29) is 6.04 Å². The van der Waals surface area contributed by atoms with Crippen LogP contribution in [0.4, 0.5) is 0 Å². The van der Waals surface area contributed by atoms with Gasteiger partial charge in [0, 0.05) is 25.1 Å². The molecule has 1 atom stereocenters. The van der Waals surface area contributed by atoms with Crippen molar-refractivity contribution in [3.05, 3.63) is 46.2 Å². The molecule has 3 N–H and O–H groups in total. The van der Waals surface area contributed by atoms with E-state index in [0.29, 0.717) is 15.7 Å². The Morgan fingerprint density at radius 3 is 2.83 bits per heavy atom. The number of hydrogen-bond donors (Lipinski definition) is 2. The van der Waals surface area contributed by atoms with E-state index in [1.807, 2.05) is 17.7 Å². The van der Waals surface area contributed by atoms with Crippen molar-refractivity contribution in [2.45, 2.75) is 19.5 Å². The summed E-state index contributed by atoms with van der Waals surface area (Å²) in [7, 11) is 0. The van der Waals surface area contributed by atoms with Crippen molar-refractivity contribution in [3.8, 4) is 0 Å². The number of nitrogens with zero attached hydrogens (tertiary/aromatic N) is 3. The highest BCUT2D eigenvalue weighted by Gasteiger charge is 2.21. The zero-order valence-corrected chi connectivity index (χ0v) is 11.3. The molecular formula is C11H13Cl2N5. The lowest BCUT2D eigenvalue weighted by atomic mass is 10.2. The van der Waals surface area contributed by atoms with E-state index < -0.39 is 0 Å². The predicted molar refractivity (Wildman–Crippen MR) is 71.3 cm³/mol. The van der Waals surface area contributed by atoms with Crippen LogP contribution in [-0.4, -0.2) is 14.5 Å². The molecule has 0 fully saturated rings. The van der Waals surface area contributed by atoms with E-state index in [2.05, 4.69) is 15.4 Å². The van der Waals surface area contributed by atoms with Crippen molar-refractivity contribution in [2.75, 3.05) is 0 Å². The second-order valence-electron chi connectivity index (χ2n) is 3.69. The maximum Gasteiger partial charge on any atom is 0.133 e. The number of halogens is 2. The van der Waals surface area contributed by atoms with Gasteiger partial charge in [-0.15, -0.1) is 0 Å². The van der Waals surface area contributed by atoms with Gasteiger partial charge in [0.15, 0.2) is 0 Å². The molecule has 5 nitrogen and oxygen atoms in total. The van der Waals surface area contributed by atoms with Crippen LogP contribution in [0.3, 0.4) is 0 Å². The van der Waals surface area contributed by atoms with Gasteiger partial charge in [-0.3, -0.25) is 10.8 Å². The molecule has 2 rings (SSSR count). The van der Waals surface area contributed by atoms with Gasteiger partial charge in [0.2, 0.25) is 0 Å². The molecule has 18 heavy (non-hydrogen) atoms. The summed E-state index contributed by atoms with van der Waals surface area (Å²) in [6.45, 7) is 2.81. The molecule has 2 heterocycles. The molecular weight excluding hydrogens is 273 g/mol. The fraction of sp³-hybridized carbons (Fsp3) is 0.273. The summed E-state index contributed by atoms with van der Waals surface area (Å²) in [5.41, 5.74) is 3.28. The van der Waals surface area contributed by atoms with Crippen LogP contribution in [0.2, 0.25) is 10.0 Å². The Morgan fingerprint density at radius 2 is 2.22 bits per heavy atom. The van der Waals surface area contributed by atoms with Gasteiger partial charge in [0.1, 0.15) is 11.9 Å². The molecule has 1 unspecified atom stereocenters. The lowest BCUT2D eigenvalue weighted by Crippen LogP contribution is -2.32. The highest BCUT2D eigenvalue weighted by molar-refractivity contribution is 6.34. The number of rotatable bonds is 4. The summed E-state index contributed by atoms with van der Waals surface area (Å²) in [6.07, 6.45) is 5.13. The van der Waals surface area contributed by atoms with Crippen LogP contribution in [0.25, 0.3) is 0 Å². The maximum atomic E-state index is 6.14. The van der Waals surface area contributed by atoms with E-state index in [9.17, 15) is 0 Å². The largest absolute Gasteiger partial charge is 0.334 e. The lowest BCUT2D eigenvalue weighted by Gasteiger charge is -2.17. The summed E-state index contributed by atoms with van der Waals surface area (Å²) < 4.78 is 1.97. The zero-order chi connectivity index (χ0) is 13.1. The number of aromatic nitrogens is 3. The molecule has 0 aromatic carbocycles. The number of imidazole rings is 1. The Balaban J connectivity index is 2.45. The second-order valence-corrected chi connectivity index (χ2v) is 4.54. The van der Waals surface area contributed by atoms with Gasteiger partial charge in [-0.2, -0.15) is 0 Å². The Bertz CT molecular complexity index is 540.